The van der Waals surface area contributed by atoms with E-state index in [1.54, 1.807) is 0 Å². The number of nitrogens with one attached hydrogen (secondary N) is 2. The Morgan fingerprint density at radius 1 is 1.15 bits per heavy atom. The zero-order valence-electron chi connectivity index (χ0n) is 19.9. The fraction of sp³-hybridized carbons (Fsp3) is 0.423. The van der Waals surface area contributed by atoms with Gasteiger partial charge >= 0.3 is 0 Å². The van der Waals surface area contributed by atoms with Crippen molar-refractivity contribution in [1.29, 1.82) is 0 Å². The Balaban J connectivity index is 1.57. The molecular formula is C26H34N4O2S. The SMILES string of the molecule is CCCC1C(Nc2cccc3cnccc23)C(C)CN1Cc1ccc(C)c(NS(C)(=O)=O)c1. The lowest BCUT2D eigenvalue weighted by atomic mass is 9.96. The molecule has 1 fully saturated rings. The third-order valence-electron chi connectivity index (χ3n) is 6.59. The van der Waals surface area contributed by atoms with Crippen molar-refractivity contribution in [3.8, 4) is 0 Å². The summed E-state index contributed by atoms with van der Waals surface area (Å²) >= 11 is 0. The van der Waals surface area contributed by atoms with Crippen LogP contribution in [-0.2, 0) is 16.6 Å². The van der Waals surface area contributed by atoms with E-state index >= 15 is 0 Å². The van der Waals surface area contributed by atoms with Crippen molar-refractivity contribution in [2.24, 2.45) is 5.92 Å². The highest BCUT2D eigenvalue weighted by Crippen LogP contribution is 2.33. The number of sulfonamides is 1. The van der Waals surface area contributed by atoms with Crippen LogP contribution in [0.15, 0.2) is 54.9 Å². The number of pyridine rings is 1. The topological polar surface area (TPSA) is 74.3 Å². The monoisotopic (exact) mass is 466 g/mol. The van der Waals surface area contributed by atoms with Gasteiger partial charge in [0, 0.05) is 54.0 Å². The molecule has 2 N–H and O–H groups in total. The second kappa shape index (κ2) is 9.69. The minimum Gasteiger partial charge on any atom is -0.380 e. The van der Waals surface area contributed by atoms with E-state index in [1.165, 1.54) is 11.6 Å². The smallest absolute Gasteiger partial charge is 0.229 e. The predicted octanol–water partition coefficient (Wildman–Crippen LogP) is 5.02. The Hall–Kier alpha value is -2.64. The van der Waals surface area contributed by atoms with Crippen LogP contribution in [0, 0.1) is 12.8 Å². The Labute approximate surface area is 197 Å². The lowest BCUT2D eigenvalue weighted by molar-refractivity contribution is 0.226. The summed E-state index contributed by atoms with van der Waals surface area (Å²) < 4.78 is 26.2. The van der Waals surface area contributed by atoms with Gasteiger partial charge in [0.2, 0.25) is 10.0 Å². The Kier molecular flexibility index (Phi) is 6.91. The minimum absolute atomic E-state index is 0.336. The molecule has 1 aromatic heterocycles. The largest absolute Gasteiger partial charge is 0.380 e. The number of benzene rings is 2. The summed E-state index contributed by atoms with van der Waals surface area (Å²) in [6.07, 6.45) is 7.17. The van der Waals surface area contributed by atoms with Crippen molar-refractivity contribution in [2.45, 2.75) is 52.2 Å². The maximum atomic E-state index is 11.8. The average Bonchev–Trinajstić information content (AvgIpc) is 3.04. The van der Waals surface area contributed by atoms with Crippen LogP contribution in [0.2, 0.25) is 0 Å². The molecule has 1 saturated heterocycles. The van der Waals surface area contributed by atoms with Gasteiger partial charge < -0.3 is 5.32 Å². The molecule has 3 aromatic rings. The molecular weight excluding hydrogens is 432 g/mol. The van der Waals surface area contributed by atoms with Gasteiger partial charge in [-0.15, -0.1) is 0 Å². The third-order valence-corrected chi connectivity index (χ3v) is 7.18. The first-order chi connectivity index (χ1) is 15.7. The van der Waals surface area contributed by atoms with E-state index in [-0.39, 0.29) is 0 Å². The Morgan fingerprint density at radius 2 is 1.97 bits per heavy atom. The van der Waals surface area contributed by atoms with Crippen LogP contribution < -0.4 is 10.0 Å². The molecule has 1 aliphatic heterocycles. The van der Waals surface area contributed by atoms with Gasteiger partial charge in [0.15, 0.2) is 0 Å². The lowest BCUT2D eigenvalue weighted by Crippen LogP contribution is -2.39. The molecule has 3 unspecified atom stereocenters. The quantitative estimate of drug-likeness (QED) is 0.488. The number of fused-ring (bicyclic) bond motifs is 1. The number of nitrogens with zero attached hydrogens (tertiary/aromatic N) is 2. The van der Waals surface area contributed by atoms with E-state index in [0.29, 0.717) is 23.7 Å². The lowest BCUT2D eigenvalue weighted by Gasteiger charge is -2.30. The molecule has 2 heterocycles. The number of aryl methyl sites for hydroxylation is 1. The molecule has 176 valence electrons. The summed E-state index contributed by atoms with van der Waals surface area (Å²) in [5.74, 6) is 0.484. The normalized spacial score (nSPS) is 21.4. The van der Waals surface area contributed by atoms with Gasteiger partial charge in [-0.25, -0.2) is 8.42 Å². The number of anilines is 2. The van der Waals surface area contributed by atoms with E-state index in [2.05, 4.69) is 64.1 Å². The number of likely N-dealkylation sites (tertiary alicyclic amines) is 1. The highest BCUT2D eigenvalue weighted by Gasteiger charge is 2.38. The summed E-state index contributed by atoms with van der Waals surface area (Å²) in [4.78, 5) is 6.81. The van der Waals surface area contributed by atoms with Crippen molar-refractivity contribution in [3.63, 3.8) is 0 Å². The molecule has 4 rings (SSSR count). The summed E-state index contributed by atoms with van der Waals surface area (Å²) in [6, 6.07) is 15.2. The van der Waals surface area contributed by atoms with Crippen LogP contribution in [0.4, 0.5) is 11.4 Å². The van der Waals surface area contributed by atoms with Crippen LogP contribution in [0.5, 0.6) is 0 Å². The van der Waals surface area contributed by atoms with E-state index < -0.39 is 10.0 Å². The molecule has 0 radical (unpaired) electrons. The van der Waals surface area contributed by atoms with E-state index in [0.717, 1.165) is 48.1 Å². The Bertz CT molecular complexity index is 1220. The highest BCUT2D eigenvalue weighted by atomic mass is 32.2. The van der Waals surface area contributed by atoms with Crippen molar-refractivity contribution in [2.75, 3.05) is 22.8 Å². The van der Waals surface area contributed by atoms with Gasteiger partial charge in [-0.05, 0) is 48.6 Å². The van der Waals surface area contributed by atoms with E-state index in [1.807, 2.05) is 31.5 Å². The van der Waals surface area contributed by atoms with Crippen LogP contribution in [-0.4, -0.2) is 43.2 Å². The molecule has 2 aromatic carbocycles. The van der Waals surface area contributed by atoms with Crippen molar-refractivity contribution >= 4 is 32.2 Å². The minimum atomic E-state index is -3.31. The molecule has 0 spiro atoms. The Morgan fingerprint density at radius 3 is 2.73 bits per heavy atom. The number of hydrogen-bond acceptors (Lipinski definition) is 5. The molecule has 0 aliphatic carbocycles. The second-order valence-corrected chi connectivity index (χ2v) is 11.1. The van der Waals surface area contributed by atoms with Crippen molar-refractivity contribution in [3.05, 3.63) is 66.0 Å². The van der Waals surface area contributed by atoms with Gasteiger partial charge in [-0.2, -0.15) is 0 Å². The molecule has 1 aliphatic rings. The van der Waals surface area contributed by atoms with Crippen LogP contribution in [0.3, 0.4) is 0 Å². The molecule has 7 heteroatoms. The first kappa shape index (κ1) is 23.5. The van der Waals surface area contributed by atoms with Crippen LogP contribution in [0.1, 0.15) is 37.8 Å². The predicted molar refractivity (Wildman–Crippen MR) is 137 cm³/mol. The molecule has 3 atom stereocenters. The first-order valence-electron chi connectivity index (χ1n) is 11.7. The zero-order valence-corrected chi connectivity index (χ0v) is 20.7. The molecule has 33 heavy (non-hydrogen) atoms. The van der Waals surface area contributed by atoms with Gasteiger partial charge in [-0.1, -0.05) is 44.5 Å². The maximum absolute atomic E-state index is 11.8. The second-order valence-electron chi connectivity index (χ2n) is 9.36. The zero-order chi connectivity index (χ0) is 23.6. The average molecular weight is 467 g/mol. The standard InChI is InChI=1S/C26H34N4O2S/c1-5-7-25-26(28-23-9-6-8-21-15-27-13-12-22(21)23)19(3)16-30(25)17-20-11-10-18(2)24(14-20)29-33(4,31)32/h6,8-15,19,25-26,28-29H,5,7,16-17H2,1-4H3. The number of rotatable bonds is 8. The molecule has 6 nitrogen and oxygen atoms in total. The summed E-state index contributed by atoms with van der Waals surface area (Å²) in [6.45, 7) is 8.28. The van der Waals surface area contributed by atoms with Crippen molar-refractivity contribution < 1.29 is 8.42 Å². The molecule has 0 bridgehead atoms. The van der Waals surface area contributed by atoms with Gasteiger partial charge in [-0.3, -0.25) is 14.6 Å². The first-order valence-corrected chi connectivity index (χ1v) is 13.5. The van der Waals surface area contributed by atoms with E-state index in [4.69, 9.17) is 0 Å². The fourth-order valence-electron chi connectivity index (χ4n) is 5.04. The number of aromatic nitrogens is 1. The number of hydrogen-bond donors (Lipinski definition) is 2. The van der Waals surface area contributed by atoms with Crippen LogP contribution in [0.25, 0.3) is 10.8 Å². The summed E-state index contributed by atoms with van der Waals surface area (Å²) in [5, 5.41) is 6.21. The third kappa shape index (κ3) is 5.47. The van der Waals surface area contributed by atoms with Gasteiger partial charge in [0.1, 0.15) is 0 Å². The molecule has 0 amide bonds. The fourth-order valence-corrected chi connectivity index (χ4v) is 5.66. The van der Waals surface area contributed by atoms with E-state index in [9.17, 15) is 8.42 Å². The van der Waals surface area contributed by atoms with Crippen molar-refractivity contribution in [1.82, 2.24) is 9.88 Å². The highest BCUT2D eigenvalue weighted by molar-refractivity contribution is 7.92. The van der Waals surface area contributed by atoms with Gasteiger partial charge in [0.05, 0.1) is 11.9 Å². The molecule has 0 saturated carbocycles. The summed E-state index contributed by atoms with van der Waals surface area (Å²) in [7, 11) is -3.31. The summed E-state index contributed by atoms with van der Waals surface area (Å²) in [5.41, 5.74) is 3.86. The van der Waals surface area contributed by atoms with Gasteiger partial charge in [0.25, 0.3) is 0 Å². The van der Waals surface area contributed by atoms with Crippen LogP contribution >= 0.6 is 0 Å². The maximum Gasteiger partial charge on any atom is 0.229 e.